The minimum absolute atomic E-state index is 0.0472. The number of aliphatic hydroxyl groups excluding tert-OH is 2. The Kier molecular flexibility index (Phi) is 8.77. The van der Waals surface area contributed by atoms with Crippen LogP contribution in [0.15, 0.2) is 0 Å². The molecule has 26 heavy (non-hydrogen) atoms. The molecule has 1 aliphatic heterocycles. The molecule has 0 aromatic carbocycles. The molecule has 0 aromatic rings. The van der Waals surface area contributed by atoms with E-state index in [1.807, 2.05) is 20.8 Å². The first-order chi connectivity index (χ1) is 12.5. The first kappa shape index (κ1) is 22.1. The Labute approximate surface area is 158 Å². The van der Waals surface area contributed by atoms with Gasteiger partial charge in [0.15, 0.2) is 6.29 Å². The molecule has 6 heteroatoms. The van der Waals surface area contributed by atoms with Crippen LogP contribution in [-0.4, -0.2) is 67.3 Å². The van der Waals surface area contributed by atoms with Crippen LogP contribution in [0.5, 0.6) is 0 Å². The molecule has 2 aliphatic rings. The van der Waals surface area contributed by atoms with Gasteiger partial charge >= 0.3 is 0 Å². The fraction of sp³-hybridized carbons (Fsp3) is 1.00. The van der Waals surface area contributed by atoms with Gasteiger partial charge in [-0.25, -0.2) is 0 Å². The third-order valence-corrected chi connectivity index (χ3v) is 6.01. The Morgan fingerprint density at radius 2 is 1.88 bits per heavy atom. The first-order valence-electron chi connectivity index (χ1n) is 10.2. The summed E-state index contributed by atoms with van der Waals surface area (Å²) in [6.45, 7) is 6.74. The van der Waals surface area contributed by atoms with Crippen molar-refractivity contribution in [3.8, 4) is 0 Å². The second-order valence-corrected chi connectivity index (χ2v) is 7.99. The number of hydrogen-bond acceptors (Lipinski definition) is 6. The van der Waals surface area contributed by atoms with Gasteiger partial charge in [0, 0.05) is 32.2 Å². The summed E-state index contributed by atoms with van der Waals surface area (Å²) in [5.41, 5.74) is -0.0513. The molecule has 1 spiro atoms. The molecule has 1 aliphatic carbocycles. The van der Waals surface area contributed by atoms with E-state index in [0.717, 1.165) is 19.3 Å². The van der Waals surface area contributed by atoms with Crippen molar-refractivity contribution < 1.29 is 29.2 Å². The van der Waals surface area contributed by atoms with Gasteiger partial charge in [0.1, 0.15) is 6.10 Å². The van der Waals surface area contributed by atoms with Gasteiger partial charge in [0.2, 0.25) is 0 Å². The molecule has 2 rings (SSSR count). The summed E-state index contributed by atoms with van der Waals surface area (Å²) >= 11 is 0. The summed E-state index contributed by atoms with van der Waals surface area (Å²) in [5, 5.41) is 20.6. The molecular formula is C20H38O6. The van der Waals surface area contributed by atoms with Gasteiger partial charge in [0.25, 0.3) is 0 Å². The van der Waals surface area contributed by atoms with Crippen molar-refractivity contribution in [1.29, 1.82) is 0 Å². The van der Waals surface area contributed by atoms with Gasteiger partial charge in [-0.05, 0) is 33.1 Å². The van der Waals surface area contributed by atoms with E-state index in [0.29, 0.717) is 13.2 Å². The number of methoxy groups -OCH3 is 1. The number of ether oxygens (including phenoxy) is 4. The van der Waals surface area contributed by atoms with Crippen molar-refractivity contribution in [2.24, 2.45) is 11.8 Å². The second kappa shape index (κ2) is 10.3. The lowest BCUT2D eigenvalue weighted by atomic mass is 9.78. The normalized spacial score (nSPS) is 28.6. The molecule has 1 unspecified atom stereocenters. The SMILES string of the molecule is CCOC(C)O[C@H]([C@H]1COC2(CCCCC2)C1)[C@H](O)[C@@H](OC)[C@@H](C)CO. The van der Waals surface area contributed by atoms with Crippen LogP contribution in [0.25, 0.3) is 0 Å². The molecule has 0 bridgehead atoms. The number of aliphatic hydroxyl groups is 2. The minimum Gasteiger partial charge on any atom is -0.396 e. The van der Waals surface area contributed by atoms with Crippen molar-refractivity contribution in [3.05, 3.63) is 0 Å². The van der Waals surface area contributed by atoms with E-state index in [1.165, 1.54) is 19.3 Å². The lowest BCUT2D eigenvalue weighted by molar-refractivity contribution is -0.214. The van der Waals surface area contributed by atoms with Gasteiger partial charge < -0.3 is 29.2 Å². The predicted octanol–water partition coefficient (Wildman–Crippen LogP) is 2.50. The molecular weight excluding hydrogens is 336 g/mol. The average molecular weight is 375 g/mol. The second-order valence-electron chi connectivity index (χ2n) is 7.99. The third kappa shape index (κ3) is 5.40. The quantitative estimate of drug-likeness (QED) is 0.572. The Hall–Kier alpha value is -0.240. The summed E-state index contributed by atoms with van der Waals surface area (Å²) in [6, 6.07) is 0. The van der Waals surface area contributed by atoms with Gasteiger partial charge in [-0.15, -0.1) is 0 Å². The van der Waals surface area contributed by atoms with Gasteiger partial charge in [-0.3, -0.25) is 0 Å². The molecule has 1 heterocycles. The van der Waals surface area contributed by atoms with E-state index < -0.39 is 24.6 Å². The van der Waals surface area contributed by atoms with E-state index in [-0.39, 0.29) is 24.0 Å². The topological polar surface area (TPSA) is 77.4 Å². The molecule has 1 saturated carbocycles. The zero-order valence-electron chi connectivity index (χ0n) is 16.9. The fourth-order valence-corrected chi connectivity index (χ4v) is 4.60. The zero-order chi connectivity index (χ0) is 19.2. The largest absolute Gasteiger partial charge is 0.396 e. The maximum Gasteiger partial charge on any atom is 0.155 e. The third-order valence-electron chi connectivity index (χ3n) is 6.01. The highest BCUT2D eigenvalue weighted by atomic mass is 16.7. The molecule has 154 valence electrons. The molecule has 1 saturated heterocycles. The summed E-state index contributed by atoms with van der Waals surface area (Å²) in [5.74, 6) is -0.0935. The summed E-state index contributed by atoms with van der Waals surface area (Å²) in [4.78, 5) is 0. The molecule has 0 amide bonds. The van der Waals surface area contributed by atoms with E-state index in [1.54, 1.807) is 7.11 Å². The molecule has 2 fully saturated rings. The maximum atomic E-state index is 11.1. The monoisotopic (exact) mass is 374 g/mol. The van der Waals surface area contributed by atoms with Crippen molar-refractivity contribution in [1.82, 2.24) is 0 Å². The summed E-state index contributed by atoms with van der Waals surface area (Å²) < 4.78 is 23.4. The van der Waals surface area contributed by atoms with Crippen LogP contribution in [0.4, 0.5) is 0 Å². The number of rotatable bonds is 10. The van der Waals surface area contributed by atoms with E-state index >= 15 is 0 Å². The van der Waals surface area contributed by atoms with Crippen molar-refractivity contribution in [2.75, 3.05) is 26.9 Å². The first-order valence-corrected chi connectivity index (χ1v) is 10.2. The van der Waals surface area contributed by atoms with Gasteiger partial charge in [-0.2, -0.15) is 0 Å². The van der Waals surface area contributed by atoms with Crippen LogP contribution >= 0.6 is 0 Å². The van der Waals surface area contributed by atoms with Crippen LogP contribution in [0, 0.1) is 11.8 Å². The Bertz CT molecular complexity index is 398. The van der Waals surface area contributed by atoms with Crippen LogP contribution in [0.2, 0.25) is 0 Å². The van der Waals surface area contributed by atoms with Crippen molar-refractivity contribution in [3.63, 3.8) is 0 Å². The van der Waals surface area contributed by atoms with E-state index in [4.69, 9.17) is 18.9 Å². The lowest BCUT2D eigenvalue weighted by Crippen LogP contribution is -2.49. The average Bonchev–Trinajstić information content (AvgIpc) is 3.03. The molecule has 6 nitrogen and oxygen atoms in total. The molecule has 0 radical (unpaired) electrons. The minimum atomic E-state index is -0.850. The van der Waals surface area contributed by atoms with Crippen LogP contribution in [-0.2, 0) is 18.9 Å². The van der Waals surface area contributed by atoms with Gasteiger partial charge in [0.05, 0.1) is 24.4 Å². The molecule has 0 aromatic heterocycles. The Balaban J connectivity index is 2.12. The highest BCUT2D eigenvalue weighted by Crippen LogP contribution is 2.44. The fourth-order valence-electron chi connectivity index (χ4n) is 4.60. The molecule has 2 N–H and O–H groups in total. The van der Waals surface area contributed by atoms with Crippen molar-refractivity contribution >= 4 is 0 Å². The van der Waals surface area contributed by atoms with Gasteiger partial charge in [-0.1, -0.05) is 26.2 Å². The van der Waals surface area contributed by atoms with Crippen LogP contribution in [0.1, 0.15) is 59.3 Å². The Morgan fingerprint density at radius 1 is 1.19 bits per heavy atom. The standard InChI is InChI=1S/C20H38O6/c1-5-24-15(3)26-19(17(22)18(23-4)14(2)12-21)16-11-20(25-13-16)9-7-6-8-10-20/h14-19,21-22H,5-13H2,1-4H3/t14-,15?,16+,17+,18-,19+/m0/s1. The Morgan fingerprint density at radius 3 is 2.46 bits per heavy atom. The van der Waals surface area contributed by atoms with Crippen LogP contribution < -0.4 is 0 Å². The van der Waals surface area contributed by atoms with Crippen molar-refractivity contribution in [2.45, 2.75) is 89.5 Å². The lowest BCUT2D eigenvalue weighted by Gasteiger charge is -2.37. The highest BCUT2D eigenvalue weighted by Gasteiger charge is 2.47. The summed E-state index contributed by atoms with van der Waals surface area (Å²) in [6.07, 6.45) is 4.57. The van der Waals surface area contributed by atoms with E-state index in [2.05, 4.69) is 0 Å². The van der Waals surface area contributed by atoms with Crippen LogP contribution in [0.3, 0.4) is 0 Å². The highest BCUT2D eigenvalue weighted by molar-refractivity contribution is 4.97. The summed E-state index contributed by atoms with van der Waals surface area (Å²) in [7, 11) is 1.57. The van der Waals surface area contributed by atoms with E-state index in [9.17, 15) is 10.2 Å². The zero-order valence-corrected chi connectivity index (χ0v) is 16.9. The smallest absolute Gasteiger partial charge is 0.155 e. The molecule has 6 atom stereocenters. The predicted molar refractivity (Wildman–Crippen MR) is 98.9 cm³/mol. The maximum absolute atomic E-state index is 11.1. The number of hydrogen-bond donors (Lipinski definition) is 2.